The van der Waals surface area contributed by atoms with Crippen LogP contribution in [0.4, 0.5) is 4.39 Å². The number of nitrogens with zero attached hydrogens (tertiary/aromatic N) is 2. The molecule has 1 atom stereocenters. The van der Waals surface area contributed by atoms with Crippen molar-refractivity contribution in [3.8, 4) is 11.8 Å². The first-order valence-corrected chi connectivity index (χ1v) is 13.0. The Morgan fingerprint density at radius 1 is 1.03 bits per heavy atom. The Labute approximate surface area is 213 Å². The van der Waals surface area contributed by atoms with E-state index in [2.05, 4.69) is 9.71 Å². The van der Waals surface area contributed by atoms with Gasteiger partial charge in [0.25, 0.3) is 0 Å². The molecule has 10 heteroatoms. The van der Waals surface area contributed by atoms with Gasteiger partial charge in [-0.25, -0.2) is 22.5 Å². The number of halogens is 3. The SMILES string of the molecule is CCn1c(C(Cc2ccccc2)NS(=O)(=O)c2ccc(Cl)c(Cl)c2)cnc1Oc1ccc(F)cc1. The van der Waals surface area contributed by atoms with Crippen molar-refractivity contribution in [1.82, 2.24) is 14.3 Å². The zero-order valence-corrected chi connectivity index (χ0v) is 21.0. The highest BCUT2D eigenvalue weighted by atomic mass is 35.5. The first kappa shape index (κ1) is 25.2. The molecule has 6 nitrogen and oxygen atoms in total. The van der Waals surface area contributed by atoms with Crippen molar-refractivity contribution in [2.24, 2.45) is 0 Å². The highest BCUT2D eigenvalue weighted by Crippen LogP contribution is 2.29. The van der Waals surface area contributed by atoms with Gasteiger partial charge in [-0.15, -0.1) is 0 Å². The van der Waals surface area contributed by atoms with E-state index in [4.69, 9.17) is 27.9 Å². The van der Waals surface area contributed by atoms with Crippen LogP contribution in [-0.2, 0) is 23.0 Å². The maximum atomic E-state index is 13.3. The lowest BCUT2D eigenvalue weighted by atomic mass is 10.0. The Bertz CT molecular complexity index is 1410. The molecule has 0 saturated heterocycles. The summed E-state index contributed by atoms with van der Waals surface area (Å²) in [5.41, 5.74) is 1.54. The lowest BCUT2D eigenvalue weighted by Gasteiger charge is -2.21. The van der Waals surface area contributed by atoms with E-state index in [1.165, 1.54) is 42.5 Å². The number of hydrogen-bond acceptors (Lipinski definition) is 4. The smallest absolute Gasteiger partial charge is 0.302 e. The Hall–Kier alpha value is -2.91. The largest absolute Gasteiger partial charge is 0.426 e. The van der Waals surface area contributed by atoms with Gasteiger partial charge in [0, 0.05) is 6.54 Å². The summed E-state index contributed by atoms with van der Waals surface area (Å²) in [4.78, 5) is 4.36. The number of imidazole rings is 1. The topological polar surface area (TPSA) is 73.2 Å². The molecule has 0 aliphatic rings. The quantitative estimate of drug-likeness (QED) is 0.270. The fraction of sp³-hybridized carbons (Fsp3) is 0.160. The average molecular weight is 534 g/mol. The molecule has 1 N–H and O–H groups in total. The Kier molecular flexibility index (Phi) is 7.76. The highest BCUT2D eigenvalue weighted by Gasteiger charge is 2.26. The van der Waals surface area contributed by atoms with Crippen LogP contribution in [0, 0.1) is 5.82 Å². The van der Waals surface area contributed by atoms with Crippen LogP contribution >= 0.6 is 23.2 Å². The van der Waals surface area contributed by atoms with Crippen LogP contribution in [0.2, 0.25) is 10.0 Å². The Balaban J connectivity index is 1.70. The molecular weight excluding hydrogens is 512 g/mol. The van der Waals surface area contributed by atoms with Gasteiger partial charge >= 0.3 is 6.01 Å². The zero-order valence-electron chi connectivity index (χ0n) is 18.7. The van der Waals surface area contributed by atoms with Crippen LogP contribution in [-0.4, -0.2) is 18.0 Å². The second-order valence-corrected chi connectivity index (χ2v) is 10.2. The van der Waals surface area contributed by atoms with Crippen molar-refractivity contribution < 1.29 is 17.5 Å². The number of nitrogens with one attached hydrogen (secondary N) is 1. The average Bonchev–Trinajstić information content (AvgIpc) is 3.24. The molecule has 0 radical (unpaired) electrons. The van der Waals surface area contributed by atoms with E-state index in [-0.39, 0.29) is 26.8 Å². The van der Waals surface area contributed by atoms with Gasteiger partial charge in [-0.05, 0) is 61.4 Å². The summed E-state index contributed by atoms with van der Waals surface area (Å²) in [7, 11) is -3.96. The predicted molar refractivity (Wildman–Crippen MR) is 134 cm³/mol. The number of benzene rings is 3. The summed E-state index contributed by atoms with van der Waals surface area (Å²) in [6.45, 7) is 2.36. The van der Waals surface area contributed by atoms with Crippen molar-refractivity contribution in [1.29, 1.82) is 0 Å². The molecule has 0 spiro atoms. The second kappa shape index (κ2) is 10.8. The summed E-state index contributed by atoms with van der Waals surface area (Å²) in [5, 5.41) is 0.404. The highest BCUT2D eigenvalue weighted by molar-refractivity contribution is 7.89. The van der Waals surface area contributed by atoms with Crippen molar-refractivity contribution in [2.45, 2.75) is 30.8 Å². The maximum Gasteiger partial charge on any atom is 0.302 e. The van der Waals surface area contributed by atoms with Gasteiger partial charge in [-0.2, -0.15) is 0 Å². The van der Waals surface area contributed by atoms with E-state index >= 15 is 0 Å². The van der Waals surface area contributed by atoms with Crippen LogP contribution in [0.25, 0.3) is 0 Å². The molecule has 4 rings (SSSR count). The van der Waals surface area contributed by atoms with Crippen LogP contribution in [0.15, 0.2) is 83.9 Å². The summed E-state index contributed by atoms with van der Waals surface area (Å²) < 4.78 is 50.3. The molecule has 1 unspecified atom stereocenters. The van der Waals surface area contributed by atoms with E-state index in [1.807, 2.05) is 37.3 Å². The maximum absolute atomic E-state index is 13.3. The molecule has 182 valence electrons. The molecule has 4 aromatic rings. The third-order valence-corrected chi connectivity index (χ3v) is 7.54. The molecule has 35 heavy (non-hydrogen) atoms. The van der Waals surface area contributed by atoms with E-state index in [0.717, 1.165) is 5.56 Å². The first-order chi connectivity index (χ1) is 16.8. The molecule has 1 heterocycles. The van der Waals surface area contributed by atoms with Crippen LogP contribution in [0.3, 0.4) is 0 Å². The van der Waals surface area contributed by atoms with Gasteiger partial charge in [0.2, 0.25) is 10.0 Å². The van der Waals surface area contributed by atoms with Crippen molar-refractivity contribution in [3.05, 3.63) is 106 Å². The van der Waals surface area contributed by atoms with Gasteiger partial charge in [0.1, 0.15) is 11.6 Å². The van der Waals surface area contributed by atoms with Gasteiger partial charge in [0.05, 0.1) is 32.9 Å². The van der Waals surface area contributed by atoms with Crippen molar-refractivity contribution >= 4 is 33.2 Å². The second-order valence-electron chi connectivity index (χ2n) is 7.71. The first-order valence-electron chi connectivity index (χ1n) is 10.8. The molecule has 1 aromatic heterocycles. The third-order valence-electron chi connectivity index (χ3n) is 5.33. The van der Waals surface area contributed by atoms with Gasteiger partial charge in [-0.1, -0.05) is 53.5 Å². The van der Waals surface area contributed by atoms with Crippen molar-refractivity contribution in [2.75, 3.05) is 0 Å². The summed E-state index contributed by atoms with van der Waals surface area (Å²) in [5.74, 6) is 0.0331. The normalized spacial score (nSPS) is 12.5. The Morgan fingerprint density at radius 2 is 1.74 bits per heavy atom. The molecule has 3 aromatic carbocycles. The number of hydrogen-bond donors (Lipinski definition) is 1. The minimum Gasteiger partial charge on any atom is -0.426 e. The van der Waals surface area contributed by atoms with E-state index < -0.39 is 16.1 Å². The van der Waals surface area contributed by atoms with Crippen LogP contribution < -0.4 is 9.46 Å². The number of rotatable bonds is 9. The van der Waals surface area contributed by atoms with Gasteiger partial charge in [0.15, 0.2) is 0 Å². The van der Waals surface area contributed by atoms with E-state index in [0.29, 0.717) is 24.4 Å². The fourth-order valence-electron chi connectivity index (χ4n) is 3.61. The molecule has 0 saturated carbocycles. The summed E-state index contributed by atoms with van der Waals surface area (Å²) in [6.07, 6.45) is 1.94. The van der Waals surface area contributed by atoms with Crippen LogP contribution in [0.1, 0.15) is 24.2 Å². The molecular formula is C25H22Cl2FN3O3S. The standard InChI is InChI=1S/C25H22Cl2FN3O3S/c1-2-31-24(16-29-25(31)34-19-10-8-18(28)9-11-19)23(14-17-6-4-3-5-7-17)30-35(32,33)20-12-13-21(26)22(27)15-20/h3-13,15-16,23,30H,2,14H2,1H3. The zero-order chi connectivity index (χ0) is 25.0. The van der Waals surface area contributed by atoms with E-state index in [1.54, 1.807) is 10.8 Å². The minimum absolute atomic E-state index is 0.00434. The number of ether oxygens (including phenoxy) is 1. The van der Waals surface area contributed by atoms with Crippen molar-refractivity contribution in [3.63, 3.8) is 0 Å². The van der Waals surface area contributed by atoms with Gasteiger partial charge < -0.3 is 4.74 Å². The summed E-state index contributed by atoms with van der Waals surface area (Å²) in [6, 6.07) is 18.8. The fourth-order valence-corrected chi connectivity index (χ4v) is 5.21. The number of aromatic nitrogens is 2. The minimum atomic E-state index is -3.96. The molecule has 0 fully saturated rings. The lowest BCUT2D eigenvalue weighted by molar-refractivity contribution is 0.405. The molecule has 0 aliphatic heterocycles. The van der Waals surface area contributed by atoms with E-state index in [9.17, 15) is 12.8 Å². The number of sulfonamides is 1. The summed E-state index contributed by atoms with van der Waals surface area (Å²) >= 11 is 12.0. The Morgan fingerprint density at radius 3 is 2.40 bits per heavy atom. The lowest BCUT2D eigenvalue weighted by Crippen LogP contribution is -2.31. The van der Waals surface area contributed by atoms with Crippen LogP contribution in [0.5, 0.6) is 11.8 Å². The molecule has 0 amide bonds. The molecule has 0 bridgehead atoms. The molecule has 0 aliphatic carbocycles. The third kappa shape index (κ3) is 6.02. The monoisotopic (exact) mass is 533 g/mol. The predicted octanol–water partition coefficient (Wildman–Crippen LogP) is 6.40. The van der Waals surface area contributed by atoms with Gasteiger partial charge in [-0.3, -0.25) is 4.57 Å².